The van der Waals surface area contributed by atoms with Gasteiger partial charge in [-0.05, 0) is 81.1 Å². The summed E-state index contributed by atoms with van der Waals surface area (Å²) < 4.78 is 6.23. The van der Waals surface area contributed by atoms with Gasteiger partial charge in [-0.1, -0.05) is 42.5 Å². The normalized spacial score (nSPS) is 17.6. The highest BCUT2D eigenvalue weighted by Crippen LogP contribution is 2.26. The van der Waals surface area contributed by atoms with Crippen molar-refractivity contribution in [3.8, 4) is 11.1 Å². The van der Waals surface area contributed by atoms with Gasteiger partial charge in [-0.3, -0.25) is 4.79 Å². The molecule has 6 nitrogen and oxygen atoms in total. The van der Waals surface area contributed by atoms with E-state index in [4.69, 9.17) is 10.5 Å². The SMILES string of the molecule is Cc1ccc(CO[C@H]2CCC[C@@H]2NC(=O)c2cc(-c3ccc(CN(C)C)cc3)cnc2N)cc1C. The Kier molecular flexibility index (Phi) is 7.83. The first kappa shape index (κ1) is 24.9. The number of hydrogen-bond acceptors (Lipinski definition) is 5. The van der Waals surface area contributed by atoms with E-state index in [1.54, 1.807) is 6.20 Å². The van der Waals surface area contributed by atoms with E-state index >= 15 is 0 Å². The molecule has 1 fully saturated rings. The number of nitrogen functional groups attached to an aromatic ring is 1. The molecule has 0 aliphatic heterocycles. The van der Waals surface area contributed by atoms with Crippen LogP contribution in [0.15, 0.2) is 54.7 Å². The first-order chi connectivity index (χ1) is 16.8. The van der Waals surface area contributed by atoms with Crippen LogP contribution in [0.3, 0.4) is 0 Å². The second kappa shape index (κ2) is 11.0. The Morgan fingerprint density at radius 1 is 1.03 bits per heavy atom. The number of nitrogens with two attached hydrogens (primary N) is 1. The molecule has 1 aliphatic carbocycles. The topological polar surface area (TPSA) is 80.5 Å². The van der Waals surface area contributed by atoms with Gasteiger partial charge in [-0.15, -0.1) is 0 Å². The lowest BCUT2D eigenvalue weighted by molar-refractivity contribution is 0.0272. The van der Waals surface area contributed by atoms with Crippen LogP contribution in [0, 0.1) is 13.8 Å². The zero-order chi connectivity index (χ0) is 24.9. The van der Waals surface area contributed by atoms with E-state index in [0.717, 1.165) is 42.5 Å². The number of carbonyl (C=O) groups excluding carboxylic acids is 1. The zero-order valence-corrected chi connectivity index (χ0v) is 21.2. The predicted molar refractivity (Wildman–Crippen MR) is 141 cm³/mol. The van der Waals surface area contributed by atoms with Gasteiger partial charge in [0.1, 0.15) is 5.82 Å². The maximum absolute atomic E-state index is 13.2. The molecule has 1 aliphatic rings. The van der Waals surface area contributed by atoms with Crippen molar-refractivity contribution in [3.05, 3.63) is 82.5 Å². The van der Waals surface area contributed by atoms with Gasteiger partial charge in [0.05, 0.1) is 24.3 Å². The van der Waals surface area contributed by atoms with E-state index in [1.165, 1.54) is 16.7 Å². The highest BCUT2D eigenvalue weighted by Gasteiger charge is 2.30. The van der Waals surface area contributed by atoms with Crippen molar-refractivity contribution in [2.24, 2.45) is 0 Å². The fraction of sp³-hybridized carbons (Fsp3) is 0.379. The van der Waals surface area contributed by atoms with E-state index in [2.05, 4.69) is 71.5 Å². The summed E-state index contributed by atoms with van der Waals surface area (Å²) in [4.78, 5) is 19.6. The Labute approximate surface area is 208 Å². The maximum Gasteiger partial charge on any atom is 0.255 e. The van der Waals surface area contributed by atoms with Gasteiger partial charge >= 0.3 is 0 Å². The quantitative estimate of drug-likeness (QED) is 0.489. The smallest absolute Gasteiger partial charge is 0.255 e. The molecule has 6 heteroatoms. The number of aryl methyl sites for hydroxylation is 2. The Morgan fingerprint density at radius 3 is 2.49 bits per heavy atom. The van der Waals surface area contributed by atoms with Crippen LogP contribution in [0.2, 0.25) is 0 Å². The summed E-state index contributed by atoms with van der Waals surface area (Å²) >= 11 is 0. The van der Waals surface area contributed by atoms with Crippen molar-refractivity contribution in [3.63, 3.8) is 0 Å². The summed E-state index contributed by atoms with van der Waals surface area (Å²) in [6, 6.07) is 16.5. The lowest BCUT2D eigenvalue weighted by atomic mass is 10.0. The summed E-state index contributed by atoms with van der Waals surface area (Å²) in [7, 11) is 4.10. The number of carbonyl (C=O) groups is 1. The molecule has 1 heterocycles. The minimum Gasteiger partial charge on any atom is -0.383 e. The number of anilines is 1. The second-order valence-electron chi connectivity index (χ2n) is 9.87. The van der Waals surface area contributed by atoms with E-state index in [-0.39, 0.29) is 23.9 Å². The van der Waals surface area contributed by atoms with E-state index in [0.29, 0.717) is 12.2 Å². The number of ether oxygens (including phenoxy) is 1. The second-order valence-corrected chi connectivity index (χ2v) is 9.87. The average molecular weight is 473 g/mol. The summed E-state index contributed by atoms with van der Waals surface area (Å²) in [5, 5.41) is 3.16. The third kappa shape index (κ3) is 6.27. The minimum absolute atomic E-state index is 0.0119. The number of amides is 1. The number of aromatic nitrogens is 1. The standard InChI is InChI=1S/C29H36N4O2/c1-19-8-9-22(14-20(19)2)18-35-27-7-5-6-26(27)32-29(34)25-15-24(16-31-28(25)30)23-12-10-21(11-13-23)17-33(3)4/h8-16,26-27H,5-7,17-18H2,1-4H3,(H2,30,31)(H,32,34)/t26-,27-/m0/s1. The molecule has 3 N–H and O–H groups in total. The van der Waals surface area contributed by atoms with Crippen LogP contribution >= 0.6 is 0 Å². The van der Waals surface area contributed by atoms with Crippen molar-refractivity contribution in [1.29, 1.82) is 0 Å². The van der Waals surface area contributed by atoms with Crippen molar-refractivity contribution in [2.75, 3.05) is 19.8 Å². The van der Waals surface area contributed by atoms with Gasteiger partial charge in [0.2, 0.25) is 0 Å². The third-order valence-electron chi connectivity index (χ3n) is 6.75. The zero-order valence-electron chi connectivity index (χ0n) is 21.2. The first-order valence-electron chi connectivity index (χ1n) is 12.3. The molecule has 184 valence electrons. The number of hydrogen-bond donors (Lipinski definition) is 2. The average Bonchev–Trinajstić information content (AvgIpc) is 3.27. The molecule has 1 amide bonds. The van der Waals surface area contributed by atoms with Crippen molar-refractivity contribution >= 4 is 11.7 Å². The fourth-order valence-electron chi connectivity index (χ4n) is 4.62. The molecule has 2 aromatic carbocycles. The maximum atomic E-state index is 13.2. The molecule has 1 aromatic heterocycles. The highest BCUT2D eigenvalue weighted by atomic mass is 16.5. The Balaban J connectivity index is 1.42. The molecular weight excluding hydrogens is 436 g/mol. The molecular formula is C29H36N4O2. The molecule has 0 saturated heterocycles. The molecule has 3 aromatic rings. The lowest BCUT2D eigenvalue weighted by Gasteiger charge is -2.22. The van der Waals surface area contributed by atoms with Crippen LogP contribution in [0.1, 0.15) is 51.9 Å². The van der Waals surface area contributed by atoms with Gasteiger partial charge in [0.15, 0.2) is 0 Å². The molecule has 1 saturated carbocycles. The van der Waals surface area contributed by atoms with E-state index in [1.807, 2.05) is 20.2 Å². The van der Waals surface area contributed by atoms with E-state index in [9.17, 15) is 4.79 Å². The number of rotatable bonds is 8. The molecule has 0 radical (unpaired) electrons. The van der Waals surface area contributed by atoms with E-state index < -0.39 is 0 Å². The van der Waals surface area contributed by atoms with Crippen LogP contribution in [0.25, 0.3) is 11.1 Å². The molecule has 0 unspecified atom stereocenters. The van der Waals surface area contributed by atoms with Gasteiger partial charge in [0, 0.05) is 18.3 Å². The van der Waals surface area contributed by atoms with Crippen molar-refractivity contribution in [2.45, 2.75) is 58.4 Å². The van der Waals surface area contributed by atoms with Gasteiger partial charge in [-0.2, -0.15) is 0 Å². The van der Waals surface area contributed by atoms with Crippen molar-refractivity contribution in [1.82, 2.24) is 15.2 Å². The minimum atomic E-state index is -0.201. The summed E-state index contributed by atoms with van der Waals surface area (Å²) in [6.45, 7) is 5.64. The number of pyridine rings is 1. The Bertz CT molecular complexity index is 1170. The Hall–Kier alpha value is -3.22. The first-order valence-corrected chi connectivity index (χ1v) is 12.3. The molecule has 0 spiro atoms. The summed E-state index contributed by atoms with van der Waals surface area (Å²) in [6.07, 6.45) is 4.56. The predicted octanol–water partition coefficient (Wildman–Crippen LogP) is 4.88. The number of nitrogens with zero attached hydrogens (tertiary/aromatic N) is 2. The van der Waals surface area contributed by atoms with Crippen LogP contribution in [-0.2, 0) is 17.9 Å². The molecule has 35 heavy (non-hydrogen) atoms. The molecule has 2 atom stereocenters. The fourth-order valence-corrected chi connectivity index (χ4v) is 4.62. The highest BCUT2D eigenvalue weighted by molar-refractivity contribution is 5.99. The van der Waals surface area contributed by atoms with Crippen LogP contribution < -0.4 is 11.1 Å². The monoisotopic (exact) mass is 472 g/mol. The van der Waals surface area contributed by atoms with Gasteiger partial charge in [-0.25, -0.2) is 4.98 Å². The molecule has 4 rings (SSSR count). The number of benzene rings is 2. The van der Waals surface area contributed by atoms with Crippen molar-refractivity contribution < 1.29 is 9.53 Å². The third-order valence-corrected chi connectivity index (χ3v) is 6.75. The van der Waals surface area contributed by atoms with Gasteiger partial charge in [0.25, 0.3) is 5.91 Å². The van der Waals surface area contributed by atoms with Crippen LogP contribution in [-0.4, -0.2) is 42.0 Å². The summed E-state index contributed by atoms with van der Waals surface area (Å²) in [5.74, 6) is 0.0360. The molecule has 0 bridgehead atoms. The van der Waals surface area contributed by atoms with Gasteiger partial charge < -0.3 is 20.7 Å². The largest absolute Gasteiger partial charge is 0.383 e. The Morgan fingerprint density at radius 2 is 1.77 bits per heavy atom. The summed E-state index contributed by atoms with van der Waals surface area (Å²) in [5.41, 5.74) is 13.3. The van der Waals surface area contributed by atoms with Crippen LogP contribution in [0.5, 0.6) is 0 Å². The number of nitrogens with one attached hydrogen (secondary N) is 1. The lowest BCUT2D eigenvalue weighted by Crippen LogP contribution is -2.41. The van der Waals surface area contributed by atoms with Crippen LogP contribution in [0.4, 0.5) is 5.82 Å².